The van der Waals surface area contributed by atoms with Crippen molar-refractivity contribution in [2.75, 3.05) is 5.75 Å². The van der Waals surface area contributed by atoms with Crippen LogP contribution in [-0.4, -0.2) is 26.4 Å². The molecule has 1 aliphatic rings. The first-order valence-electron chi connectivity index (χ1n) is 7.76. The molecule has 0 radical (unpaired) electrons. The van der Waals surface area contributed by atoms with Crippen molar-refractivity contribution in [2.24, 2.45) is 5.73 Å². The molecule has 5 nitrogen and oxygen atoms in total. The van der Waals surface area contributed by atoms with Crippen molar-refractivity contribution in [2.45, 2.75) is 37.0 Å². The van der Waals surface area contributed by atoms with E-state index in [1.54, 1.807) is 6.20 Å². The van der Waals surface area contributed by atoms with Crippen molar-refractivity contribution >= 4 is 40.0 Å². The molecule has 142 valence electrons. The summed E-state index contributed by atoms with van der Waals surface area (Å²) in [6.07, 6.45) is 2.90. The fourth-order valence-electron chi connectivity index (χ4n) is 3.04. The number of imidazole rings is 1. The molecular formula is C16H18ClF2N3O2S2. The van der Waals surface area contributed by atoms with Gasteiger partial charge in [0.25, 0.3) is 0 Å². The maximum atomic E-state index is 14.0. The molecule has 0 fully saturated rings. The van der Waals surface area contributed by atoms with E-state index in [1.807, 2.05) is 4.57 Å². The number of nitrogens with zero attached hydrogens (tertiary/aromatic N) is 2. The minimum absolute atomic E-state index is 0. The maximum Gasteiger partial charge on any atom is 0.304 e. The van der Waals surface area contributed by atoms with Gasteiger partial charge in [0, 0.05) is 18.4 Å². The van der Waals surface area contributed by atoms with Gasteiger partial charge in [-0.15, -0.1) is 12.4 Å². The molecule has 1 heterocycles. The van der Waals surface area contributed by atoms with Crippen molar-refractivity contribution in [3.05, 3.63) is 46.8 Å². The third-order valence-electron chi connectivity index (χ3n) is 4.11. The molecule has 1 unspecified atom stereocenters. The van der Waals surface area contributed by atoms with Crippen LogP contribution in [0.2, 0.25) is 0 Å². The van der Waals surface area contributed by atoms with Gasteiger partial charge in [-0.05, 0) is 40.8 Å². The molecule has 2 aromatic rings. The lowest BCUT2D eigenvalue weighted by Crippen LogP contribution is -2.14. The molecular weight excluding hydrogens is 404 g/mol. The van der Waals surface area contributed by atoms with Gasteiger partial charge in [-0.2, -0.15) is 0 Å². The van der Waals surface area contributed by atoms with Crippen molar-refractivity contribution in [1.29, 1.82) is 0 Å². The Morgan fingerprint density at radius 3 is 2.88 bits per heavy atom. The number of hydrogen-bond acceptors (Lipinski definition) is 5. The van der Waals surface area contributed by atoms with E-state index < -0.39 is 17.6 Å². The number of nitrogens with two attached hydrogens (primary N) is 1. The summed E-state index contributed by atoms with van der Waals surface area (Å²) in [5, 5.41) is 9.38. The predicted molar refractivity (Wildman–Crippen MR) is 101 cm³/mol. The average molecular weight is 422 g/mol. The summed E-state index contributed by atoms with van der Waals surface area (Å²) >= 11 is 0. The Balaban J connectivity index is 0.00000243. The molecule has 0 bridgehead atoms. The van der Waals surface area contributed by atoms with E-state index in [0.717, 1.165) is 11.8 Å². The van der Waals surface area contributed by atoms with Crippen molar-refractivity contribution in [3.8, 4) is 0 Å². The standard InChI is InChI=1S/C16H17F2N3O2S2.ClH/c17-9-5-12-11(13(18)6-9)1-2-14(12)21-10(7-19)8-20-16(21)25-24-4-3-15(22)23;/h5-6,8,14H,1-4,7,19H2,(H,22,23);1H. The smallest absolute Gasteiger partial charge is 0.304 e. The molecule has 3 N–H and O–H groups in total. The van der Waals surface area contributed by atoms with Crippen LogP contribution in [0.15, 0.2) is 23.5 Å². The lowest BCUT2D eigenvalue weighted by molar-refractivity contribution is -0.136. The fourth-order valence-corrected chi connectivity index (χ4v) is 5.09. The molecule has 26 heavy (non-hydrogen) atoms. The highest BCUT2D eigenvalue weighted by Crippen LogP contribution is 2.41. The van der Waals surface area contributed by atoms with E-state index in [9.17, 15) is 13.6 Å². The zero-order chi connectivity index (χ0) is 18.0. The summed E-state index contributed by atoms with van der Waals surface area (Å²) in [7, 11) is 2.74. The topological polar surface area (TPSA) is 81.1 Å². The van der Waals surface area contributed by atoms with E-state index in [0.29, 0.717) is 34.9 Å². The first-order valence-corrected chi connectivity index (χ1v) is 10.1. The van der Waals surface area contributed by atoms with Gasteiger partial charge >= 0.3 is 5.97 Å². The van der Waals surface area contributed by atoms with Gasteiger partial charge < -0.3 is 15.4 Å². The van der Waals surface area contributed by atoms with Gasteiger partial charge in [0.05, 0.1) is 24.4 Å². The number of rotatable bonds is 7. The Bertz CT molecular complexity index is 804. The second-order valence-corrected chi connectivity index (χ2v) is 8.05. The molecule has 0 spiro atoms. The highest BCUT2D eigenvalue weighted by molar-refractivity contribution is 8.76. The summed E-state index contributed by atoms with van der Waals surface area (Å²) in [6, 6.07) is 2.07. The van der Waals surface area contributed by atoms with Crippen LogP contribution in [0, 0.1) is 11.6 Å². The number of halogens is 3. The maximum absolute atomic E-state index is 14.0. The highest BCUT2D eigenvalue weighted by atomic mass is 35.5. The van der Waals surface area contributed by atoms with Crippen LogP contribution in [0.4, 0.5) is 8.78 Å². The molecule has 10 heteroatoms. The van der Waals surface area contributed by atoms with Gasteiger partial charge in [-0.3, -0.25) is 4.79 Å². The summed E-state index contributed by atoms with van der Waals surface area (Å²) in [5.41, 5.74) is 7.75. The van der Waals surface area contributed by atoms with Gasteiger partial charge in [0.2, 0.25) is 0 Å². The van der Waals surface area contributed by atoms with Crippen molar-refractivity contribution in [3.63, 3.8) is 0 Å². The molecule has 3 rings (SSSR count). The van der Waals surface area contributed by atoms with Crippen LogP contribution in [0.5, 0.6) is 0 Å². The Morgan fingerprint density at radius 2 is 2.19 bits per heavy atom. The number of carboxylic acid groups (broad SMARTS) is 1. The van der Waals surface area contributed by atoms with Crippen LogP contribution < -0.4 is 5.73 Å². The number of fused-ring (bicyclic) bond motifs is 1. The van der Waals surface area contributed by atoms with Gasteiger partial charge in [-0.25, -0.2) is 13.8 Å². The van der Waals surface area contributed by atoms with Gasteiger partial charge in [0.1, 0.15) is 11.6 Å². The monoisotopic (exact) mass is 421 g/mol. The minimum Gasteiger partial charge on any atom is -0.481 e. The van der Waals surface area contributed by atoms with Gasteiger partial charge in [0.15, 0.2) is 5.16 Å². The van der Waals surface area contributed by atoms with E-state index in [1.165, 1.54) is 27.7 Å². The normalized spacial score (nSPS) is 15.6. The molecule has 0 saturated carbocycles. The van der Waals surface area contributed by atoms with E-state index >= 15 is 0 Å². The fraction of sp³-hybridized carbons (Fsp3) is 0.375. The molecule has 1 aliphatic carbocycles. The van der Waals surface area contributed by atoms with Crippen LogP contribution in [0.1, 0.15) is 35.7 Å². The summed E-state index contributed by atoms with van der Waals surface area (Å²) in [6.45, 7) is 0.261. The third kappa shape index (κ3) is 4.33. The zero-order valence-electron chi connectivity index (χ0n) is 13.7. The number of carbonyl (C=O) groups is 1. The Morgan fingerprint density at radius 1 is 1.42 bits per heavy atom. The van der Waals surface area contributed by atoms with Crippen LogP contribution in [-0.2, 0) is 17.8 Å². The third-order valence-corrected chi connectivity index (χ3v) is 6.36. The van der Waals surface area contributed by atoms with Crippen molar-refractivity contribution in [1.82, 2.24) is 9.55 Å². The molecule has 1 aromatic carbocycles. The number of benzene rings is 1. The van der Waals surface area contributed by atoms with E-state index in [4.69, 9.17) is 10.8 Å². The van der Waals surface area contributed by atoms with Crippen LogP contribution in [0.3, 0.4) is 0 Å². The first-order chi connectivity index (χ1) is 12.0. The first kappa shape index (κ1) is 21.0. The van der Waals surface area contributed by atoms with Gasteiger partial charge in [-0.1, -0.05) is 10.8 Å². The quantitative estimate of drug-likeness (QED) is 0.523. The number of hydrogen-bond donors (Lipinski definition) is 2. The number of carboxylic acids is 1. The second kappa shape index (κ2) is 9.07. The number of aromatic nitrogens is 2. The summed E-state index contributed by atoms with van der Waals surface area (Å²) in [5.74, 6) is -1.52. The van der Waals surface area contributed by atoms with Crippen LogP contribution >= 0.6 is 34.0 Å². The van der Waals surface area contributed by atoms with E-state index in [-0.39, 0.29) is 31.4 Å². The minimum atomic E-state index is -0.852. The predicted octanol–water partition coefficient (Wildman–Crippen LogP) is 3.79. The molecule has 0 saturated heterocycles. The molecule has 1 aromatic heterocycles. The van der Waals surface area contributed by atoms with Crippen molar-refractivity contribution < 1.29 is 18.7 Å². The SMILES string of the molecule is Cl.NCc1cnc(SSCCC(=O)O)n1C1CCc2c(F)cc(F)cc21. The zero-order valence-corrected chi connectivity index (χ0v) is 16.1. The average Bonchev–Trinajstić information content (AvgIpc) is 3.14. The molecule has 1 atom stereocenters. The summed E-state index contributed by atoms with van der Waals surface area (Å²) < 4.78 is 29.6. The lowest BCUT2D eigenvalue weighted by atomic mass is 10.1. The Hall–Kier alpha value is -1.29. The van der Waals surface area contributed by atoms with E-state index in [2.05, 4.69) is 4.98 Å². The largest absolute Gasteiger partial charge is 0.481 e. The Kier molecular flexibility index (Phi) is 7.33. The molecule has 0 aliphatic heterocycles. The lowest BCUT2D eigenvalue weighted by Gasteiger charge is -2.19. The highest BCUT2D eigenvalue weighted by Gasteiger charge is 2.30. The Labute approximate surface area is 163 Å². The van der Waals surface area contributed by atoms with Crippen LogP contribution in [0.25, 0.3) is 0 Å². The second-order valence-electron chi connectivity index (χ2n) is 5.67. The summed E-state index contributed by atoms with van der Waals surface area (Å²) in [4.78, 5) is 15.0. The number of aliphatic carboxylic acids is 1. The molecule has 0 amide bonds.